The van der Waals surface area contributed by atoms with E-state index in [0.717, 1.165) is 0 Å². The van der Waals surface area contributed by atoms with Crippen LogP contribution < -0.4 is 20.7 Å². The number of hydrogen-bond acceptors (Lipinski definition) is 2. The number of fused-ring (bicyclic) bond motifs is 8. The van der Waals surface area contributed by atoms with Gasteiger partial charge in [0.15, 0.2) is 0 Å². The van der Waals surface area contributed by atoms with Crippen LogP contribution in [0.1, 0.15) is 155 Å². The third-order valence-corrected chi connectivity index (χ3v) is 15.9. The monoisotopic (exact) mass is 777 g/mol. The zero-order valence-corrected chi connectivity index (χ0v) is 38.5. The van der Waals surface area contributed by atoms with Gasteiger partial charge in [-0.05, 0) is 128 Å². The first kappa shape index (κ1) is 38.7. The molecule has 2 nitrogen and oxygen atoms in total. The molecular weight excluding hydrogens is 711 g/mol. The van der Waals surface area contributed by atoms with Crippen molar-refractivity contribution in [3.63, 3.8) is 0 Å². The lowest BCUT2D eigenvalue weighted by atomic mass is 9.32. The summed E-state index contributed by atoms with van der Waals surface area (Å²) in [7, 11) is 0. The molecule has 1 fully saturated rings. The molecule has 5 aromatic carbocycles. The molecule has 1 saturated carbocycles. The van der Waals surface area contributed by atoms with Crippen molar-refractivity contribution in [2.24, 2.45) is 0 Å². The predicted molar refractivity (Wildman–Crippen MR) is 256 cm³/mol. The van der Waals surface area contributed by atoms with E-state index in [2.05, 4.69) is 198 Å². The van der Waals surface area contributed by atoms with Crippen LogP contribution in [0.3, 0.4) is 0 Å². The molecule has 0 spiro atoms. The van der Waals surface area contributed by atoms with Crippen molar-refractivity contribution in [1.29, 1.82) is 0 Å². The Morgan fingerprint density at radius 3 is 1.86 bits per heavy atom. The van der Waals surface area contributed by atoms with Gasteiger partial charge in [-0.25, -0.2) is 0 Å². The number of hydrogen-bond donors (Lipinski definition) is 0. The molecule has 0 N–H and O–H groups in total. The van der Waals surface area contributed by atoms with E-state index in [-0.39, 0.29) is 39.3 Å². The summed E-state index contributed by atoms with van der Waals surface area (Å²) < 4.78 is 0. The minimum atomic E-state index is -0.266. The SMILES string of the molecule is Cc1cc2c3c(c1)N1c4c(cc(C(C)(C)C)cc4C4(C)CCCCC14C)B3C1=C(N2c2ccc(C(C)(C)C)cc2-c2ccccc2)C(C)(C)c2cc(C(C)(C)C)ccc21. The van der Waals surface area contributed by atoms with Crippen LogP contribution in [-0.2, 0) is 27.1 Å². The smallest absolute Gasteiger partial charge is 0.252 e. The van der Waals surface area contributed by atoms with Crippen molar-refractivity contribution in [3.8, 4) is 11.1 Å². The van der Waals surface area contributed by atoms with Crippen molar-refractivity contribution >= 4 is 45.9 Å². The molecule has 59 heavy (non-hydrogen) atoms. The van der Waals surface area contributed by atoms with E-state index < -0.39 is 0 Å². The summed E-state index contributed by atoms with van der Waals surface area (Å²) in [5.41, 5.74) is 23.9. The maximum atomic E-state index is 2.90. The van der Waals surface area contributed by atoms with E-state index in [4.69, 9.17) is 0 Å². The largest absolute Gasteiger partial charge is 0.335 e. The first-order valence-corrected chi connectivity index (χ1v) is 22.6. The molecule has 3 heteroatoms. The Kier molecular flexibility index (Phi) is 7.92. The van der Waals surface area contributed by atoms with Gasteiger partial charge >= 0.3 is 0 Å². The van der Waals surface area contributed by atoms with Crippen LogP contribution in [-0.4, -0.2) is 12.3 Å². The van der Waals surface area contributed by atoms with Crippen LogP contribution in [0.5, 0.6) is 0 Å². The second-order valence-electron chi connectivity index (χ2n) is 23.1. The van der Waals surface area contributed by atoms with Gasteiger partial charge in [0.1, 0.15) is 0 Å². The molecule has 0 bridgehead atoms. The van der Waals surface area contributed by atoms with Crippen LogP contribution >= 0.6 is 0 Å². The fourth-order valence-electron chi connectivity index (χ4n) is 12.2. The van der Waals surface area contributed by atoms with Crippen LogP contribution in [0.2, 0.25) is 0 Å². The Morgan fingerprint density at radius 1 is 0.576 bits per heavy atom. The summed E-state index contributed by atoms with van der Waals surface area (Å²) in [6, 6.07) is 36.5. The van der Waals surface area contributed by atoms with E-state index in [1.165, 1.54) is 115 Å². The number of allylic oxidation sites excluding steroid dienone is 1. The number of aryl methyl sites for hydroxylation is 1. The fraction of sp³-hybridized carbons (Fsp3) is 0.429. The van der Waals surface area contributed by atoms with Crippen molar-refractivity contribution in [2.75, 3.05) is 9.80 Å². The van der Waals surface area contributed by atoms with Gasteiger partial charge in [-0.15, -0.1) is 0 Å². The number of benzene rings is 5. The number of nitrogens with zero attached hydrogens (tertiary/aromatic N) is 2. The maximum absolute atomic E-state index is 2.90. The highest BCUT2D eigenvalue weighted by Crippen LogP contribution is 2.64. The fourth-order valence-corrected chi connectivity index (χ4v) is 12.2. The van der Waals surface area contributed by atoms with E-state index in [0.29, 0.717) is 0 Å². The second-order valence-corrected chi connectivity index (χ2v) is 23.1. The van der Waals surface area contributed by atoms with Gasteiger partial charge in [0.05, 0.1) is 11.2 Å². The Morgan fingerprint density at radius 2 is 1.19 bits per heavy atom. The Labute approximate surface area is 356 Å². The van der Waals surface area contributed by atoms with Crippen LogP contribution in [0.4, 0.5) is 22.7 Å². The zero-order chi connectivity index (χ0) is 42.0. The second kappa shape index (κ2) is 12.1. The Hall–Kier alpha value is -4.50. The standard InChI is InChI=1S/C56H65BN2/c1-34-28-45-48-46(29-34)59-49-42(55(13)26-18-19-27-56(55,59)14)32-38(53(8,9)10)33-43(49)57(48)47-39-24-22-37(52(5,6)7)31-41(39)54(11,12)50(47)58(45)44-25-23-36(51(2,3)4)30-40(44)35-20-16-15-17-21-35/h15-17,20-25,28-33H,18-19,26-27H2,1-14H3. The molecule has 3 aliphatic heterocycles. The average Bonchev–Trinajstić information content (AvgIpc) is 3.53. The summed E-state index contributed by atoms with van der Waals surface area (Å²) in [6.07, 6.45) is 4.99. The van der Waals surface area contributed by atoms with Crippen LogP contribution in [0.15, 0.2) is 96.7 Å². The minimum absolute atomic E-state index is 0.0121. The lowest BCUT2D eigenvalue weighted by Gasteiger charge is -2.53. The van der Waals surface area contributed by atoms with Gasteiger partial charge in [0.2, 0.25) is 0 Å². The Bertz CT molecular complexity index is 2640. The van der Waals surface area contributed by atoms with Gasteiger partial charge in [0.25, 0.3) is 6.71 Å². The minimum Gasteiger partial charge on any atom is -0.335 e. The summed E-state index contributed by atoms with van der Waals surface area (Å²) in [5, 5.41) is 0. The molecule has 0 radical (unpaired) electrons. The molecule has 0 amide bonds. The molecule has 0 saturated heterocycles. The van der Waals surface area contributed by atoms with E-state index in [1.807, 2.05) is 0 Å². The van der Waals surface area contributed by atoms with E-state index in [1.54, 1.807) is 5.56 Å². The molecular formula is C56H65BN2. The van der Waals surface area contributed by atoms with Crippen molar-refractivity contribution < 1.29 is 0 Å². The quantitative estimate of drug-likeness (QED) is 0.165. The molecule has 5 aliphatic rings. The highest BCUT2D eigenvalue weighted by atomic mass is 15.3. The van der Waals surface area contributed by atoms with Gasteiger partial charge in [0, 0.05) is 39.2 Å². The normalized spacial score (nSPS) is 22.6. The third kappa shape index (κ3) is 5.18. The third-order valence-electron chi connectivity index (χ3n) is 15.9. The average molecular weight is 777 g/mol. The molecule has 0 aromatic heterocycles. The molecule has 3 heterocycles. The van der Waals surface area contributed by atoms with Gasteiger partial charge in [-0.2, -0.15) is 0 Å². The molecule has 302 valence electrons. The zero-order valence-electron chi connectivity index (χ0n) is 38.5. The summed E-state index contributed by atoms with van der Waals surface area (Å²) in [5.74, 6) is 0. The Balaban J connectivity index is 1.38. The first-order chi connectivity index (χ1) is 27.6. The van der Waals surface area contributed by atoms with Gasteiger partial charge in [-0.1, -0.05) is 163 Å². The van der Waals surface area contributed by atoms with Crippen molar-refractivity contribution in [1.82, 2.24) is 0 Å². The topological polar surface area (TPSA) is 6.48 Å². The molecule has 2 atom stereocenters. The maximum Gasteiger partial charge on any atom is 0.252 e. The van der Waals surface area contributed by atoms with Crippen LogP contribution in [0.25, 0.3) is 16.6 Å². The lowest BCUT2D eigenvalue weighted by Crippen LogP contribution is -2.61. The van der Waals surface area contributed by atoms with E-state index >= 15 is 0 Å². The predicted octanol–water partition coefficient (Wildman–Crippen LogP) is 13.6. The summed E-state index contributed by atoms with van der Waals surface area (Å²) in [6.45, 7) is 34.1. The van der Waals surface area contributed by atoms with Gasteiger partial charge in [-0.3, -0.25) is 0 Å². The molecule has 2 aliphatic carbocycles. The molecule has 10 rings (SSSR count). The molecule has 2 unspecified atom stereocenters. The number of rotatable bonds is 2. The van der Waals surface area contributed by atoms with Crippen LogP contribution in [0, 0.1) is 6.92 Å². The van der Waals surface area contributed by atoms with Crippen molar-refractivity contribution in [3.05, 3.63) is 136 Å². The lowest BCUT2D eigenvalue weighted by molar-refractivity contribution is 0.195. The summed E-state index contributed by atoms with van der Waals surface area (Å²) in [4.78, 5) is 5.67. The van der Waals surface area contributed by atoms with Crippen molar-refractivity contribution in [2.45, 2.75) is 155 Å². The first-order valence-electron chi connectivity index (χ1n) is 22.6. The number of anilines is 4. The highest BCUT2D eigenvalue weighted by molar-refractivity contribution is 7.03. The van der Waals surface area contributed by atoms with Gasteiger partial charge < -0.3 is 9.80 Å². The molecule has 5 aromatic rings. The van der Waals surface area contributed by atoms with E-state index in [9.17, 15) is 0 Å². The summed E-state index contributed by atoms with van der Waals surface area (Å²) >= 11 is 0. The highest BCUT2D eigenvalue weighted by Gasteiger charge is 2.63.